The second-order valence-electron chi connectivity index (χ2n) is 8.41. The molecule has 0 aromatic heterocycles. The molecule has 4 aliphatic carbocycles. The largest absolute Gasteiger partial charge is 0.463 e. The van der Waals surface area contributed by atoms with Gasteiger partial charge in [-0.05, 0) is 69.1 Å². The van der Waals surface area contributed by atoms with Gasteiger partial charge in [0, 0.05) is 0 Å². The predicted octanol–water partition coefficient (Wildman–Crippen LogP) is 4.32. The van der Waals surface area contributed by atoms with Gasteiger partial charge in [-0.15, -0.1) is 0 Å². The first kappa shape index (κ1) is 19.9. The summed E-state index contributed by atoms with van der Waals surface area (Å²) in [6.45, 7) is 2.14. The maximum Gasteiger partial charge on any atom is 0.404 e. The van der Waals surface area contributed by atoms with Crippen molar-refractivity contribution in [3.8, 4) is 0 Å². The van der Waals surface area contributed by atoms with E-state index < -0.39 is 17.6 Å². The molecule has 4 saturated carbocycles. The monoisotopic (exact) mass is 378 g/mol. The van der Waals surface area contributed by atoms with Crippen molar-refractivity contribution >= 4 is 5.97 Å². The van der Waals surface area contributed by atoms with Gasteiger partial charge in [-0.1, -0.05) is 6.92 Å². The Balaban J connectivity index is 1.33. The van der Waals surface area contributed by atoms with Gasteiger partial charge in [0.2, 0.25) is 0 Å². The molecule has 4 bridgehead atoms. The van der Waals surface area contributed by atoms with E-state index in [1.165, 1.54) is 39.0 Å². The van der Waals surface area contributed by atoms with Crippen LogP contribution in [0.2, 0.25) is 0 Å². The Bertz CT molecular complexity index is 480. The predicted molar refractivity (Wildman–Crippen MR) is 88.1 cm³/mol. The average Bonchev–Trinajstić information content (AvgIpc) is 2.57. The summed E-state index contributed by atoms with van der Waals surface area (Å²) in [5, 5.41) is 0. The van der Waals surface area contributed by atoms with E-state index >= 15 is 0 Å². The van der Waals surface area contributed by atoms with Gasteiger partial charge in [-0.3, -0.25) is 4.79 Å². The van der Waals surface area contributed by atoms with Gasteiger partial charge in [0.05, 0.1) is 12.7 Å². The highest BCUT2D eigenvalue weighted by Gasteiger charge is 2.56. The SMILES string of the molecule is CCC(C)(C(=O)OCCOCOC1C2CC3CC(C2)CC1C3)C(F)(F)F. The van der Waals surface area contributed by atoms with Crippen LogP contribution in [0.3, 0.4) is 0 Å². The van der Waals surface area contributed by atoms with Crippen molar-refractivity contribution in [2.24, 2.45) is 29.1 Å². The quantitative estimate of drug-likeness (QED) is 0.358. The zero-order valence-corrected chi connectivity index (χ0v) is 15.5. The smallest absolute Gasteiger partial charge is 0.404 e. The zero-order valence-electron chi connectivity index (χ0n) is 15.5. The summed E-state index contributed by atoms with van der Waals surface area (Å²) >= 11 is 0. The fourth-order valence-electron chi connectivity index (χ4n) is 5.15. The molecule has 1 atom stereocenters. The number of ether oxygens (including phenoxy) is 3. The number of alkyl halides is 3. The van der Waals surface area contributed by atoms with Gasteiger partial charge in [-0.25, -0.2) is 0 Å². The summed E-state index contributed by atoms with van der Waals surface area (Å²) < 4.78 is 55.0. The van der Waals surface area contributed by atoms with E-state index in [1.807, 2.05) is 0 Å². The molecule has 26 heavy (non-hydrogen) atoms. The van der Waals surface area contributed by atoms with Gasteiger partial charge < -0.3 is 14.2 Å². The minimum absolute atomic E-state index is 0.0384. The highest BCUT2D eigenvalue weighted by atomic mass is 19.4. The van der Waals surface area contributed by atoms with Gasteiger partial charge in [0.1, 0.15) is 13.4 Å². The highest BCUT2D eigenvalue weighted by molar-refractivity contribution is 5.77. The molecule has 4 rings (SSSR count). The third-order valence-corrected chi connectivity index (χ3v) is 6.73. The molecule has 0 amide bonds. The first-order valence-corrected chi connectivity index (χ1v) is 9.68. The van der Waals surface area contributed by atoms with E-state index in [-0.39, 0.29) is 32.5 Å². The molecule has 0 aliphatic heterocycles. The average molecular weight is 378 g/mol. The molecule has 4 aliphatic rings. The molecule has 0 aromatic rings. The van der Waals surface area contributed by atoms with Crippen molar-refractivity contribution in [1.29, 1.82) is 0 Å². The molecule has 7 heteroatoms. The first-order chi connectivity index (χ1) is 12.2. The van der Waals surface area contributed by atoms with Gasteiger partial charge in [0.15, 0.2) is 5.41 Å². The Morgan fingerprint density at radius 2 is 1.58 bits per heavy atom. The van der Waals surface area contributed by atoms with Crippen LogP contribution in [-0.4, -0.2) is 38.3 Å². The van der Waals surface area contributed by atoms with Crippen molar-refractivity contribution in [2.45, 2.75) is 64.7 Å². The van der Waals surface area contributed by atoms with Crippen LogP contribution in [0.4, 0.5) is 13.2 Å². The van der Waals surface area contributed by atoms with Crippen molar-refractivity contribution < 1.29 is 32.2 Å². The van der Waals surface area contributed by atoms with E-state index in [2.05, 4.69) is 0 Å². The number of carbonyl (C=O) groups is 1. The maximum atomic E-state index is 13.0. The highest BCUT2D eigenvalue weighted by Crippen LogP contribution is 2.54. The number of esters is 1. The lowest BCUT2D eigenvalue weighted by atomic mass is 9.55. The molecule has 0 spiro atoms. The summed E-state index contributed by atoms with van der Waals surface area (Å²) in [5.41, 5.74) is -2.47. The van der Waals surface area contributed by atoms with Crippen LogP contribution in [0, 0.1) is 29.1 Å². The Morgan fingerprint density at radius 3 is 2.08 bits per heavy atom. The lowest BCUT2D eigenvalue weighted by molar-refractivity contribution is -0.232. The van der Waals surface area contributed by atoms with E-state index in [0.29, 0.717) is 11.8 Å². The van der Waals surface area contributed by atoms with Crippen molar-refractivity contribution in [3.05, 3.63) is 0 Å². The zero-order chi connectivity index (χ0) is 18.9. The summed E-state index contributed by atoms with van der Waals surface area (Å²) in [4.78, 5) is 11.8. The number of carbonyl (C=O) groups excluding carboxylic acids is 1. The summed E-state index contributed by atoms with van der Waals surface area (Å²) in [6.07, 6.45) is 1.67. The summed E-state index contributed by atoms with van der Waals surface area (Å²) in [5.74, 6) is 1.76. The molecule has 0 saturated heterocycles. The number of halogens is 3. The van der Waals surface area contributed by atoms with Gasteiger partial charge in [-0.2, -0.15) is 13.2 Å². The first-order valence-electron chi connectivity index (χ1n) is 9.68. The number of hydrogen-bond donors (Lipinski definition) is 0. The minimum atomic E-state index is -4.62. The van der Waals surface area contributed by atoms with Gasteiger partial charge in [0.25, 0.3) is 0 Å². The molecule has 0 heterocycles. The van der Waals surface area contributed by atoms with E-state index in [9.17, 15) is 18.0 Å². The Labute approximate surface area is 152 Å². The third kappa shape index (κ3) is 3.88. The molecular weight excluding hydrogens is 349 g/mol. The second-order valence-corrected chi connectivity index (χ2v) is 8.41. The summed E-state index contributed by atoms with van der Waals surface area (Å²) in [6, 6.07) is 0. The van der Waals surface area contributed by atoms with E-state index in [4.69, 9.17) is 14.2 Å². The third-order valence-electron chi connectivity index (χ3n) is 6.73. The maximum absolute atomic E-state index is 13.0. The fraction of sp³-hybridized carbons (Fsp3) is 0.947. The number of rotatable bonds is 8. The summed E-state index contributed by atoms with van der Waals surface area (Å²) in [7, 11) is 0. The van der Waals surface area contributed by atoms with Crippen LogP contribution in [0.1, 0.15) is 52.4 Å². The Morgan fingerprint density at radius 1 is 1.00 bits per heavy atom. The number of hydrogen-bond acceptors (Lipinski definition) is 4. The van der Waals surface area contributed by atoms with Crippen LogP contribution in [0.15, 0.2) is 0 Å². The van der Waals surface area contributed by atoms with Crippen molar-refractivity contribution in [1.82, 2.24) is 0 Å². The normalized spacial score (nSPS) is 35.3. The van der Waals surface area contributed by atoms with Crippen molar-refractivity contribution in [3.63, 3.8) is 0 Å². The van der Waals surface area contributed by atoms with Crippen LogP contribution in [-0.2, 0) is 19.0 Å². The molecule has 0 radical (unpaired) electrons. The van der Waals surface area contributed by atoms with E-state index in [0.717, 1.165) is 18.8 Å². The van der Waals surface area contributed by atoms with Crippen LogP contribution >= 0.6 is 0 Å². The molecule has 1 unspecified atom stereocenters. The van der Waals surface area contributed by atoms with E-state index in [1.54, 1.807) is 0 Å². The molecular formula is C19H29F3O4. The molecule has 150 valence electrons. The fourth-order valence-corrected chi connectivity index (χ4v) is 5.15. The van der Waals surface area contributed by atoms with Crippen molar-refractivity contribution in [2.75, 3.05) is 20.0 Å². The Hall–Kier alpha value is -0.820. The molecule has 0 aromatic carbocycles. The lowest BCUT2D eigenvalue weighted by Crippen LogP contribution is -2.49. The molecule has 4 fully saturated rings. The van der Waals surface area contributed by atoms with Gasteiger partial charge >= 0.3 is 12.1 Å². The van der Waals surface area contributed by atoms with Crippen LogP contribution < -0.4 is 0 Å². The second kappa shape index (κ2) is 7.66. The standard InChI is InChI=1S/C19H29F3O4/c1-3-18(2,19(20,21)22)17(23)25-5-4-24-11-26-16-14-7-12-6-13(9-14)10-15(16)8-12/h12-16H,3-11H2,1-2H3. The molecule has 0 N–H and O–H groups in total. The minimum Gasteiger partial charge on any atom is -0.463 e. The topological polar surface area (TPSA) is 44.8 Å². The van der Waals surface area contributed by atoms with Crippen LogP contribution in [0.5, 0.6) is 0 Å². The Kier molecular flexibility index (Phi) is 5.87. The molecule has 4 nitrogen and oxygen atoms in total. The van der Waals surface area contributed by atoms with Crippen LogP contribution in [0.25, 0.3) is 0 Å². The lowest BCUT2D eigenvalue weighted by Gasteiger charge is -2.53.